The average molecular weight is 641 g/mol. The zero-order valence-electron chi connectivity index (χ0n) is 29.3. The number of aliphatic hydroxyl groups is 1. The third-order valence-electron chi connectivity index (χ3n) is 16.4. The molecular formula is C38H60N2O6. The lowest BCUT2D eigenvalue weighted by atomic mass is 9.41. The van der Waals surface area contributed by atoms with Crippen LogP contribution in [0.4, 0.5) is 0 Å². The van der Waals surface area contributed by atoms with E-state index >= 15 is 0 Å². The Balaban J connectivity index is 0.999. The van der Waals surface area contributed by atoms with Crippen molar-refractivity contribution in [1.82, 2.24) is 10.2 Å². The van der Waals surface area contributed by atoms with Crippen molar-refractivity contribution in [3.05, 3.63) is 0 Å². The van der Waals surface area contributed by atoms with Gasteiger partial charge in [0.15, 0.2) is 6.29 Å². The Morgan fingerprint density at radius 1 is 0.978 bits per heavy atom. The minimum absolute atomic E-state index is 0.0189. The fourth-order valence-electron chi connectivity index (χ4n) is 13.9. The summed E-state index contributed by atoms with van der Waals surface area (Å²) in [5, 5.41) is 15.2. The number of amides is 2. The number of nitrogens with zero attached hydrogens (tertiary/aromatic N) is 1. The van der Waals surface area contributed by atoms with E-state index in [1.54, 1.807) is 7.05 Å². The molecule has 2 saturated heterocycles. The Labute approximate surface area is 276 Å². The van der Waals surface area contributed by atoms with Gasteiger partial charge in [-0.1, -0.05) is 34.6 Å². The third kappa shape index (κ3) is 4.30. The Morgan fingerprint density at radius 3 is 2.46 bits per heavy atom. The van der Waals surface area contributed by atoms with Crippen molar-refractivity contribution in [1.29, 1.82) is 0 Å². The van der Waals surface area contributed by atoms with E-state index in [0.717, 1.165) is 25.7 Å². The number of morpholine rings is 1. The van der Waals surface area contributed by atoms with Crippen molar-refractivity contribution in [2.24, 2.45) is 56.7 Å². The first-order valence-corrected chi connectivity index (χ1v) is 18.9. The van der Waals surface area contributed by atoms with Gasteiger partial charge in [-0.15, -0.1) is 0 Å². The highest BCUT2D eigenvalue weighted by Gasteiger charge is 2.84. The van der Waals surface area contributed by atoms with E-state index in [9.17, 15) is 14.7 Å². The topological polar surface area (TPSA) is 97.3 Å². The van der Waals surface area contributed by atoms with Gasteiger partial charge in [0, 0.05) is 25.4 Å². The van der Waals surface area contributed by atoms with E-state index < -0.39 is 6.10 Å². The summed E-state index contributed by atoms with van der Waals surface area (Å²) in [4.78, 5) is 27.2. The average Bonchev–Trinajstić information content (AvgIpc) is 3.94. The van der Waals surface area contributed by atoms with E-state index in [4.69, 9.17) is 14.2 Å². The zero-order valence-corrected chi connectivity index (χ0v) is 29.3. The fraction of sp³-hybridized carbons (Fsp3) is 0.947. The van der Waals surface area contributed by atoms with Gasteiger partial charge in [-0.05, 0) is 115 Å². The Bertz CT molecular complexity index is 1250. The standard InChI is InChI=1S/C38H60N2O6/c1-22-17-24(19-28(41)39-6)45-32-31(22)35(4)13-14-38-21-37(38)12-11-27(34(2,3)25(37)9-10-26(38)36(35,5)33(32)43)46-30-20-40(15-16-44-30)29(42)18-23-7-8-23/h22-27,30-33,43H,7-21H2,1-6H3,(H,39,41)/t22-,24?,25+,26?,27?,30+,31+,32?,33+,35-,36-,37-,38+/m1/s1. The van der Waals surface area contributed by atoms with Crippen LogP contribution < -0.4 is 5.32 Å². The second kappa shape index (κ2) is 10.6. The summed E-state index contributed by atoms with van der Waals surface area (Å²) >= 11 is 0. The van der Waals surface area contributed by atoms with Crippen LogP contribution in [0.1, 0.15) is 112 Å². The number of carbonyl (C=O) groups excluding carboxylic acids is 2. The lowest BCUT2D eigenvalue weighted by Gasteiger charge is -2.64. The molecule has 2 amide bonds. The van der Waals surface area contributed by atoms with Crippen LogP contribution in [0.3, 0.4) is 0 Å². The highest BCUT2D eigenvalue weighted by Crippen LogP contribution is 2.89. The molecule has 0 bridgehead atoms. The molecule has 0 aromatic carbocycles. The number of hydrogen-bond acceptors (Lipinski definition) is 6. The number of aliphatic hydroxyl groups excluding tert-OH is 1. The van der Waals surface area contributed by atoms with E-state index in [1.165, 1.54) is 38.5 Å². The smallest absolute Gasteiger partial charge is 0.223 e. The van der Waals surface area contributed by atoms with Crippen LogP contribution in [0.15, 0.2) is 0 Å². The summed E-state index contributed by atoms with van der Waals surface area (Å²) in [6.07, 6.45) is 11.6. The lowest BCUT2D eigenvalue weighted by molar-refractivity contribution is -0.248. The van der Waals surface area contributed by atoms with Gasteiger partial charge in [-0.3, -0.25) is 9.59 Å². The van der Waals surface area contributed by atoms with Crippen LogP contribution in [-0.4, -0.2) is 79.3 Å². The SMILES string of the molecule is CNC(=O)CC1C[C@@H](C)[C@H]2C(O1)[C@H](O)[C@@]1(C)C3CC[C@H]4C(C)(C)C(O[C@H]5CN(C(=O)CC6CC6)CCO5)CC[C@@]45C[C@@]35CC[C@]21C. The number of nitrogens with one attached hydrogen (secondary N) is 1. The predicted octanol–water partition coefficient (Wildman–Crippen LogP) is 5.31. The largest absolute Gasteiger partial charge is 0.390 e. The molecular weight excluding hydrogens is 580 g/mol. The van der Waals surface area contributed by atoms with Gasteiger partial charge >= 0.3 is 0 Å². The number of rotatable bonds is 6. The summed E-state index contributed by atoms with van der Waals surface area (Å²) in [6, 6.07) is 0. The second-order valence-electron chi connectivity index (χ2n) is 18.4. The molecule has 8 fully saturated rings. The van der Waals surface area contributed by atoms with E-state index in [1.807, 2.05) is 4.90 Å². The minimum Gasteiger partial charge on any atom is -0.390 e. The van der Waals surface area contributed by atoms with Gasteiger partial charge in [-0.25, -0.2) is 0 Å². The second-order valence-corrected chi connectivity index (χ2v) is 18.4. The number of hydrogen-bond donors (Lipinski definition) is 2. The first-order valence-electron chi connectivity index (χ1n) is 18.9. The molecule has 6 saturated carbocycles. The van der Waals surface area contributed by atoms with E-state index in [0.29, 0.717) is 73.0 Å². The molecule has 8 aliphatic rings. The Hall–Kier alpha value is -1.22. The molecule has 8 heteroatoms. The van der Waals surface area contributed by atoms with Gasteiger partial charge in [0.2, 0.25) is 11.8 Å². The summed E-state index contributed by atoms with van der Waals surface area (Å²) in [7, 11) is 1.69. The molecule has 0 aromatic rings. The molecule has 6 aliphatic carbocycles. The molecule has 8 nitrogen and oxygen atoms in total. The van der Waals surface area contributed by atoms with E-state index in [2.05, 4.69) is 39.9 Å². The van der Waals surface area contributed by atoms with Crippen molar-refractivity contribution >= 4 is 11.8 Å². The predicted molar refractivity (Wildman–Crippen MR) is 173 cm³/mol. The summed E-state index contributed by atoms with van der Waals surface area (Å²) in [6.45, 7) is 14.0. The van der Waals surface area contributed by atoms with Crippen molar-refractivity contribution in [2.75, 3.05) is 26.7 Å². The fourth-order valence-corrected chi connectivity index (χ4v) is 13.9. The van der Waals surface area contributed by atoms with Crippen LogP contribution in [0, 0.1) is 56.7 Å². The first-order chi connectivity index (χ1) is 21.8. The molecule has 2 spiro atoms. The van der Waals surface area contributed by atoms with Crippen LogP contribution >= 0.6 is 0 Å². The van der Waals surface area contributed by atoms with Crippen molar-refractivity contribution in [3.8, 4) is 0 Å². The first kappa shape index (κ1) is 32.0. The summed E-state index contributed by atoms with van der Waals surface area (Å²) in [5.41, 5.74) is 0.460. The van der Waals surface area contributed by atoms with Crippen LogP contribution in [-0.2, 0) is 23.8 Å². The summed E-state index contributed by atoms with van der Waals surface area (Å²) < 4.78 is 19.7. The van der Waals surface area contributed by atoms with Gasteiger partial charge in [0.05, 0.1) is 44.0 Å². The van der Waals surface area contributed by atoms with Crippen LogP contribution in [0.5, 0.6) is 0 Å². The van der Waals surface area contributed by atoms with Crippen molar-refractivity contribution in [2.45, 2.75) is 142 Å². The number of carbonyl (C=O) groups is 2. The molecule has 8 rings (SSSR count). The molecule has 2 N–H and O–H groups in total. The Morgan fingerprint density at radius 2 is 1.72 bits per heavy atom. The zero-order chi connectivity index (χ0) is 32.4. The quantitative estimate of drug-likeness (QED) is 0.409. The maximum Gasteiger partial charge on any atom is 0.223 e. The molecule has 13 atom stereocenters. The van der Waals surface area contributed by atoms with Crippen LogP contribution in [0.2, 0.25) is 0 Å². The summed E-state index contributed by atoms with van der Waals surface area (Å²) in [5.74, 6) is 2.71. The van der Waals surface area contributed by atoms with Crippen molar-refractivity contribution < 1.29 is 28.9 Å². The number of fused-ring (bicyclic) bond motifs is 4. The normalized spacial score (nSPS) is 52.0. The van der Waals surface area contributed by atoms with Gasteiger partial charge in [0.25, 0.3) is 0 Å². The minimum atomic E-state index is -0.504. The molecule has 2 aliphatic heterocycles. The maximum absolute atomic E-state index is 12.9. The van der Waals surface area contributed by atoms with Gasteiger partial charge in [0.1, 0.15) is 0 Å². The highest BCUT2D eigenvalue weighted by molar-refractivity contribution is 5.77. The highest BCUT2D eigenvalue weighted by atomic mass is 16.7. The molecule has 2 heterocycles. The lowest BCUT2D eigenvalue weighted by Crippen LogP contribution is -2.60. The molecule has 4 unspecified atom stereocenters. The maximum atomic E-state index is 12.9. The third-order valence-corrected chi connectivity index (χ3v) is 16.4. The molecule has 258 valence electrons. The monoisotopic (exact) mass is 640 g/mol. The molecule has 46 heavy (non-hydrogen) atoms. The Kier molecular flexibility index (Phi) is 7.40. The van der Waals surface area contributed by atoms with Crippen LogP contribution in [0.25, 0.3) is 0 Å². The van der Waals surface area contributed by atoms with Gasteiger partial charge in [-0.2, -0.15) is 0 Å². The van der Waals surface area contributed by atoms with E-state index in [-0.39, 0.29) is 52.7 Å². The molecule has 0 radical (unpaired) electrons. The number of ether oxygens (including phenoxy) is 3. The molecule has 0 aromatic heterocycles. The van der Waals surface area contributed by atoms with Crippen molar-refractivity contribution in [3.63, 3.8) is 0 Å². The van der Waals surface area contributed by atoms with Gasteiger partial charge < -0.3 is 29.5 Å².